The SMILES string of the molecule is Cc1ccc(Br)cc1C(=O)Nc1cc([N+](=O)[O-])ccc1F. The van der Waals surface area contributed by atoms with Crippen LogP contribution in [-0.4, -0.2) is 10.8 Å². The first kappa shape index (κ1) is 15.1. The van der Waals surface area contributed by atoms with E-state index < -0.39 is 16.6 Å². The van der Waals surface area contributed by atoms with Crippen molar-refractivity contribution in [1.29, 1.82) is 0 Å². The number of nitro benzene ring substituents is 1. The highest BCUT2D eigenvalue weighted by Crippen LogP contribution is 2.23. The fourth-order valence-corrected chi connectivity index (χ4v) is 2.11. The Balaban J connectivity index is 2.33. The number of hydrogen-bond acceptors (Lipinski definition) is 3. The maximum Gasteiger partial charge on any atom is 0.271 e. The first-order valence-electron chi connectivity index (χ1n) is 5.90. The number of carbonyl (C=O) groups excluding carboxylic acids is 1. The molecule has 0 aliphatic carbocycles. The zero-order valence-corrected chi connectivity index (χ0v) is 12.5. The first-order valence-corrected chi connectivity index (χ1v) is 6.69. The molecule has 0 aromatic heterocycles. The van der Waals surface area contributed by atoms with Gasteiger partial charge in [-0.3, -0.25) is 14.9 Å². The Morgan fingerprint density at radius 3 is 2.67 bits per heavy atom. The van der Waals surface area contributed by atoms with E-state index in [1.54, 1.807) is 25.1 Å². The molecule has 0 atom stereocenters. The van der Waals surface area contributed by atoms with Crippen LogP contribution in [0.25, 0.3) is 0 Å². The summed E-state index contributed by atoms with van der Waals surface area (Å²) >= 11 is 3.25. The second kappa shape index (κ2) is 6.01. The predicted octanol–water partition coefficient (Wildman–Crippen LogP) is 4.06. The highest BCUT2D eigenvalue weighted by molar-refractivity contribution is 9.10. The summed E-state index contributed by atoms with van der Waals surface area (Å²) in [5.74, 6) is -1.27. The molecular formula is C14H10BrFN2O3. The predicted molar refractivity (Wildman–Crippen MR) is 79.9 cm³/mol. The highest BCUT2D eigenvalue weighted by Gasteiger charge is 2.15. The van der Waals surface area contributed by atoms with Gasteiger partial charge in [0.05, 0.1) is 10.6 Å². The number of hydrogen-bond donors (Lipinski definition) is 1. The molecule has 21 heavy (non-hydrogen) atoms. The summed E-state index contributed by atoms with van der Waals surface area (Å²) in [4.78, 5) is 22.2. The van der Waals surface area contributed by atoms with E-state index in [-0.39, 0.29) is 11.4 Å². The van der Waals surface area contributed by atoms with E-state index in [0.717, 1.165) is 18.2 Å². The van der Waals surface area contributed by atoms with Gasteiger partial charge in [0.2, 0.25) is 0 Å². The Bertz CT molecular complexity index is 734. The average molecular weight is 353 g/mol. The summed E-state index contributed by atoms with van der Waals surface area (Å²) in [6, 6.07) is 8.08. The van der Waals surface area contributed by atoms with Crippen LogP contribution in [0, 0.1) is 22.9 Å². The minimum Gasteiger partial charge on any atom is -0.319 e. The number of non-ortho nitro benzene ring substituents is 1. The Morgan fingerprint density at radius 2 is 2.00 bits per heavy atom. The summed E-state index contributed by atoms with van der Waals surface area (Å²) in [7, 11) is 0. The molecule has 5 nitrogen and oxygen atoms in total. The number of benzene rings is 2. The van der Waals surface area contributed by atoms with Gasteiger partial charge in [-0.05, 0) is 30.7 Å². The molecule has 0 saturated heterocycles. The van der Waals surface area contributed by atoms with Crippen molar-refractivity contribution in [1.82, 2.24) is 0 Å². The maximum absolute atomic E-state index is 13.6. The van der Waals surface area contributed by atoms with Gasteiger partial charge in [0.25, 0.3) is 11.6 Å². The molecule has 0 heterocycles. The van der Waals surface area contributed by atoms with Gasteiger partial charge in [-0.25, -0.2) is 4.39 Å². The number of aryl methyl sites for hydroxylation is 1. The van der Waals surface area contributed by atoms with Gasteiger partial charge < -0.3 is 5.32 Å². The molecule has 0 aliphatic rings. The zero-order valence-electron chi connectivity index (χ0n) is 10.9. The van der Waals surface area contributed by atoms with Crippen LogP contribution in [0.2, 0.25) is 0 Å². The van der Waals surface area contributed by atoms with E-state index >= 15 is 0 Å². The maximum atomic E-state index is 13.6. The highest BCUT2D eigenvalue weighted by atomic mass is 79.9. The van der Waals surface area contributed by atoms with Crippen LogP contribution < -0.4 is 5.32 Å². The molecule has 0 aliphatic heterocycles. The number of anilines is 1. The van der Waals surface area contributed by atoms with E-state index in [1.165, 1.54) is 0 Å². The quantitative estimate of drug-likeness (QED) is 0.668. The van der Waals surface area contributed by atoms with Gasteiger partial charge in [0, 0.05) is 22.2 Å². The van der Waals surface area contributed by atoms with Crippen molar-refractivity contribution < 1.29 is 14.1 Å². The lowest BCUT2D eigenvalue weighted by Gasteiger charge is -2.09. The Morgan fingerprint density at radius 1 is 1.29 bits per heavy atom. The third kappa shape index (κ3) is 3.43. The van der Waals surface area contributed by atoms with Crippen LogP contribution in [0.5, 0.6) is 0 Å². The molecule has 108 valence electrons. The van der Waals surface area contributed by atoms with Gasteiger partial charge in [-0.15, -0.1) is 0 Å². The van der Waals surface area contributed by atoms with Crippen molar-refractivity contribution in [2.24, 2.45) is 0 Å². The monoisotopic (exact) mass is 352 g/mol. The van der Waals surface area contributed by atoms with E-state index in [2.05, 4.69) is 21.2 Å². The van der Waals surface area contributed by atoms with E-state index in [0.29, 0.717) is 15.6 Å². The normalized spacial score (nSPS) is 10.2. The fourth-order valence-electron chi connectivity index (χ4n) is 1.75. The molecule has 1 N–H and O–H groups in total. The van der Waals surface area contributed by atoms with Crippen molar-refractivity contribution in [3.05, 3.63) is 67.9 Å². The Kier molecular flexibility index (Phi) is 4.32. The standard InChI is InChI=1S/C14H10BrFN2O3/c1-8-2-3-9(15)6-11(8)14(19)17-13-7-10(18(20)21)4-5-12(13)16/h2-7H,1H3,(H,17,19). The van der Waals surface area contributed by atoms with Crippen LogP contribution in [0.1, 0.15) is 15.9 Å². The number of nitro groups is 1. The molecule has 0 fully saturated rings. The summed E-state index contributed by atoms with van der Waals surface area (Å²) in [5.41, 5.74) is 0.544. The summed E-state index contributed by atoms with van der Waals surface area (Å²) in [6.45, 7) is 1.74. The van der Waals surface area contributed by atoms with Crippen molar-refractivity contribution in [3.63, 3.8) is 0 Å². The number of nitrogens with zero attached hydrogens (tertiary/aromatic N) is 1. The molecular weight excluding hydrogens is 343 g/mol. The second-order valence-electron chi connectivity index (χ2n) is 4.33. The number of nitrogens with one attached hydrogen (secondary N) is 1. The summed E-state index contributed by atoms with van der Waals surface area (Å²) in [6.07, 6.45) is 0. The van der Waals surface area contributed by atoms with Gasteiger partial charge >= 0.3 is 0 Å². The third-order valence-electron chi connectivity index (χ3n) is 2.85. The van der Waals surface area contributed by atoms with Gasteiger partial charge in [0.1, 0.15) is 5.82 Å². The number of amides is 1. The minimum absolute atomic E-state index is 0.228. The van der Waals surface area contributed by atoms with Gasteiger partial charge in [0.15, 0.2) is 0 Å². The van der Waals surface area contributed by atoms with Crippen molar-refractivity contribution >= 4 is 33.2 Å². The molecule has 1 amide bonds. The van der Waals surface area contributed by atoms with E-state index in [9.17, 15) is 19.3 Å². The molecule has 2 aromatic rings. The second-order valence-corrected chi connectivity index (χ2v) is 5.25. The lowest BCUT2D eigenvalue weighted by molar-refractivity contribution is -0.384. The summed E-state index contributed by atoms with van der Waals surface area (Å²) < 4.78 is 14.3. The molecule has 2 rings (SSSR count). The Labute approximate surface area is 128 Å². The lowest BCUT2D eigenvalue weighted by atomic mass is 10.1. The lowest BCUT2D eigenvalue weighted by Crippen LogP contribution is -2.14. The van der Waals surface area contributed by atoms with Crippen LogP contribution in [-0.2, 0) is 0 Å². The number of rotatable bonds is 3. The van der Waals surface area contributed by atoms with E-state index in [1.807, 2.05) is 0 Å². The molecule has 0 radical (unpaired) electrons. The number of carbonyl (C=O) groups is 1. The fraction of sp³-hybridized carbons (Fsp3) is 0.0714. The minimum atomic E-state index is -0.735. The third-order valence-corrected chi connectivity index (χ3v) is 3.35. The Hall–Kier alpha value is -2.28. The van der Waals surface area contributed by atoms with Gasteiger partial charge in [-0.1, -0.05) is 22.0 Å². The molecule has 0 spiro atoms. The van der Waals surface area contributed by atoms with Crippen LogP contribution in [0.3, 0.4) is 0 Å². The average Bonchev–Trinajstić information content (AvgIpc) is 2.43. The molecule has 0 saturated carbocycles. The molecule has 2 aromatic carbocycles. The first-order chi connectivity index (χ1) is 9.88. The van der Waals surface area contributed by atoms with Crippen LogP contribution >= 0.6 is 15.9 Å². The van der Waals surface area contributed by atoms with Crippen molar-refractivity contribution in [2.45, 2.75) is 6.92 Å². The van der Waals surface area contributed by atoms with Crippen molar-refractivity contribution in [2.75, 3.05) is 5.32 Å². The largest absolute Gasteiger partial charge is 0.319 e. The number of halogens is 2. The zero-order chi connectivity index (χ0) is 15.6. The van der Waals surface area contributed by atoms with Crippen LogP contribution in [0.15, 0.2) is 40.9 Å². The summed E-state index contributed by atoms with van der Waals surface area (Å²) in [5, 5.41) is 13.0. The smallest absolute Gasteiger partial charge is 0.271 e. The van der Waals surface area contributed by atoms with Crippen LogP contribution in [0.4, 0.5) is 15.8 Å². The molecule has 0 bridgehead atoms. The van der Waals surface area contributed by atoms with Crippen molar-refractivity contribution in [3.8, 4) is 0 Å². The topological polar surface area (TPSA) is 72.2 Å². The van der Waals surface area contributed by atoms with E-state index in [4.69, 9.17) is 0 Å². The van der Waals surface area contributed by atoms with Gasteiger partial charge in [-0.2, -0.15) is 0 Å². The molecule has 0 unspecified atom stereocenters. The molecule has 7 heteroatoms.